The number of para-hydroxylation sites is 2. The summed E-state index contributed by atoms with van der Waals surface area (Å²) in [6.07, 6.45) is 0. The minimum atomic E-state index is -4.30. The van der Waals surface area contributed by atoms with Crippen LogP contribution in [0.15, 0.2) is 76.7 Å². The van der Waals surface area contributed by atoms with Crippen molar-refractivity contribution in [3.8, 4) is 5.75 Å². The number of nitro benzene ring substituents is 2. The Kier molecular flexibility index (Phi) is 7.06. The van der Waals surface area contributed by atoms with Crippen molar-refractivity contribution < 1.29 is 23.0 Å². The Morgan fingerprint density at radius 2 is 1.53 bits per heavy atom. The number of nitrogens with one attached hydrogen (secondary N) is 2. The van der Waals surface area contributed by atoms with Gasteiger partial charge in [0, 0.05) is 24.3 Å². The SMILES string of the molecule is COc1ccccc1NS(=O)(=O)c1cc([N+](=O)[O-])ccc1NN=C(C)c1ccc([N+](=O)[O-])cc1. The first-order valence-electron chi connectivity index (χ1n) is 9.62. The van der Waals surface area contributed by atoms with Gasteiger partial charge in [0.1, 0.15) is 10.6 Å². The van der Waals surface area contributed by atoms with Gasteiger partial charge in [-0.2, -0.15) is 5.10 Å². The first-order valence-corrected chi connectivity index (χ1v) is 11.1. The van der Waals surface area contributed by atoms with E-state index in [0.717, 1.165) is 12.1 Å². The van der Waals surface area contributed by atoms with Crippen molar-refractivity contribution in [1.82, 2.24) is 0 Å². The van der Waals surface area contributed by atoms with Gasteiger partial charge in [-0.15, -0.1) is 0 Å². The standard InChI is InChI=1S/C21H19N5O7S/c1-14(15-7-9-16(10-8-15)25(27)28)22-23-19-12-11-17(26(29)30)13-21(19)34(31,32)24-18-5-3-4-6-20(18)33-2/h3-13,23-24H,1-2H3. The van der Waals surface area contributed by atoms with Crippen molar-refractivity contribution in [1.29, 1.82) is 0 Å². The summed E-state index contributed by atoms with van der Waals surface area (Å²) in [5.41, 5.74) is 3.18. The highest BCUT2D eigenvalue weighted by molar-refractivity contribution is 7.93. The molecular formula is C21H19N5O7S. The van der Waals surface area contributed by atoms with Gasteiger partial charge in [-0.05, 0) is 42.8 Å². The van der Waals surface area contributed by atoms with Crippen LogP contribution < -0.4 is 14.9 Å². The molecule has 12 nitrogen and oxygen atoms in total. The molecule has 0 aliphatic heterocycles. The molecule has 0 bridgehead atoms. The average Bonchev–Trinajstić information content (AvgIpc) is 2.82. The van der Waals surface area contributed by atoms with E-state index in [4.69, 9.17) is 4.74 Å². The quantitative estimate of drug-likeness (QED) is 0.259. The zero-order valence-electron chi connectivity index (χ0n) is 18.0. The molecule has 3 aromatic rings. The highest BCUT2D eigenvalue weighted by Crippen LogP contribution is 2.31. The number of hydrogen-bond acceptors (Lipinski definition) is 9. The number of nitro groups is 2. The highest BCUT2D eigenvalue weighted by atomic mass is 32.2. The van der Waals surface area contributed by atoms with E-state index in [0.29, 0.717) is 11.3 Å². The molecule has 13 heteroatoms. The maximum atomic E-state index is 13.1. The lowest BCUT2D eigenvalue weighted by atomic mass is 10.1. The number of sulfonamides is 1. The molecule has 0 aliphatic carbocycles. The second-order valence-electron chi connectivity index (χ2n) is 6.86. The number of anilines is 2. The maximum absolute atomic E-state index is 13.1. The molecule has 0 aliphatic rings. The number of hydrazone groups is 1. The number of nitrogens with zero attached hydrogens (tertiary/aromatic N) is 3. The van der Waals surface area contributed by atoms with Gasteiger partial charge in [0.05, 0.1) is 34.0 Å². The lowest BCUT2D eigenvalue weighted by molar-refractivity contribution is -0.385. The van der Waals surface area contributed by atoms with Crippen LogP contribution in [0.4, 0.5) is 22.7 Å². The number of non-ortho nitro benzene ring substituents is 2. The lowest BCUT2D eigenvalue weighted by Gasteiger charge is -2.14. The predicted molar refractivity (Wildman–Crippen MR) is 126 cm³/mol. The molecule has 0 unspecified atom stereocenters. The van der Waals surface area contributed by atoms with E-state index >= 15 is 0 Å². The number of hydrogen-bond donors (Lipinski definition) is 2. The van der Waals surface area contributed by atoms with Crippen molar-refractivity contribution in [3.05, 3.63) is 92.5 Å². The summed E-state index contributed by atoms with van der Waals surface area (Å²) >= 11 is 0. The zero-order chi connectivity index (χ0) is 24.9. The molecule has 3 aromatic carbocycles. The Bertz CT molecular complexity index is 1370. The molecule has 0 saturated heterocycles. The summed E-state index contributed by atoms with van der Waals surface area (Å²) < 4.78 is 33.8. The van der Waals surface area contributed by atoms with Crippen LogP contribution in [0.1, 0.15) is 12.5 Å². The number of rotatable bonds is 9. The van der Waals surface area contributed by atoms with Gasteiger partial charge >= 0.3 is 0 Å². The van der Waals surface area contributed by atoms with E-state index in [1.807, 2.05) is 0 Å². The fraction of sp³-hybridized carbons (Fsp3) is 0.0952. The first kappa shape index (κ1) is 24.1. The fourth-order valence-corrected chi connectivity index (χ4v) is 4.15. The minimum absolute atomic E-state index is 0.0192. The van der Waals surface area contributed by atoms with E-state index in [2.05, 4.69) is 15.2 Å². The summed E-state index contributed by atoms with van der Waals surface area (Å²) in [5.74, 6) is 0.262. The van der Waals surface area contributed by atoms with E-state index in [1.54, 1.807) is 25.1 Å². The molecule has 0 amide bonds. The molecule has 176 valence electrons. The van der Waals surface area contributed by atoms with Crippen LogP contribution in [0.5, 0.6) is 5.75 Å². The number of benzene rings is 3. The molecule has 34 heavy (non-hydrogen) atoms. The Morgan fingerprint density at radius 1 is 0.912 bits per heavy atom. The summed E-state index contributed by atoms with van der Waals surface area (Å²) in [4.78, 5) is 20.4. The molecule has 0 atom stereocenters. The molecule has 0 saturated carbocycles. The summed E-state index contributed by atoms with van der Waals surface area (Å²) in [6.45, 7) is 1.61. The Morgan fingerprint density at radius 3 is 2.15 bits per heavy atom. The van der Waals surface area contributed by atoms with E-state index in [9.17, 15) is 28.6 Å². The van der Waals surface area contributed by atoms with Crippen LogP contribution in [0.25, 0.3) is 0 Å². The Labute approximate surface area is 194 Å². The second-order valence-corrected chi connectivity index (χ2v) is 8.51. The third-order valence-corrected chi connectivity index (χ3v) is 6.06. The van der Waals surface area contributed by atoms with Crippen molar-refractivity contribution in [2.45, 2.75) is 11.8 Å². The van der Waals surface area contributed by atoms with E-state index < -0.39 is 30.5 Å². The van der Waals surface area contributed by atoms with Gasteiger partial charge in [0.2, 0.25) is 0 Å². The van der Waals surface area contributed by atoms with Gasteiger partial charge in [-0.1, -0.05) is 12.1 Å². The van der Waals surface area contributed by atoms with E-state index in [-0.39, 0.29) is 22.8 Å². The zero-order valence-corrected chi connectivity index (χ0v) is 18.8. The summed E-state index contributed by atoms with van der Waals surface area (Å²) in [5, 5.41) is 26.2. The fourth-order valence-electron chi connectivity index (χ4n) is 2.90. The normalized spacial score (nSPS) is 11.5. The van der Waals surface area contributed by atoms with Crippen molar-refractivity contribution in [3.63, 3.8) is 0 Å². The third-order valence-electron chi connectivity index (χ3n) is 4.66. The van der Waals surface area contributed by atoms with Crippen LogP contribution in [-0.2, 0) is 10.0 Å². The molecule has 0 spiro atoms. The summed E-state index contributed by atoms with van der Waals surface area (Å²) in [6, 6.07) is 15.2. The number of ether oxygens (including phenoxy) is 1. The van der Waals surface area contributed by atoms with Gasteiger partial charge in [0.15, 0.2) is 0 Å². The molecular weight excluding hydrogens is 466 g/mol. The summed E-state index contributed by atoms with van der Waals surface area (Å²) in [7, 11) is -2.92. The molecule has 0 aromatic heterocycles. The molecule has 0 radical (unpaired) electrons. The van der Waals surface area contributed by atoms with Gasteiger partial charge in [-0.3, -0.25) is 30.4 Å². The predicted octanol–water partition coefficient (Wildman–Crippen LogP) is 4.15. The smallest absolute Gasteiger partial charge is 0.270 e. The Hall–Kier alpha value is -4.52. The third kappa shape index (κ3) is 5.45. The largest absolute Gasteiger partial charge is 0.495 e. The molecule has 0 heterocycles. The van der Waals surface area contributed by atoms with Crippen molar-refractivity contribution in [2.24, 2.45) is 5.10 Å². The Balaban J connectivity index is 1.97. The molecule has 3 rings (SSSR count). The topological polar surface area (TPSA) is 166 Å². The van der Waals surface area contributed by atoms with Crippen molar-refractivity contribution in [2.75, 3.05) is 17.3 Å². The number of methoxy groups -OCH3 is 1. The van der Waals surface area contributed by atoms with Crippen molar-refractivity contribution >= 4 is 38.5 Å². The highest BCUT2D eigenvalue weighted by Gasteiger charge is 2.24. The van der Waals surface area contributed by atoms with Crippen LogP contribution >= 0.6 is 0 Å². The average molecular weight is 485 g/mol. The maximum Gasteiger partial charge on any atom is 0.270 e. The lowest BCUT2D eigenvalue weighted by Crippen LogP contribution is -2.16. The van der Waals surface area contributed by atoms with Crippen LogP contribution in [0.2, 0.25) is 0 Å². The minimum Gasteiger partial charge on any atom is -0.495 e. The molecule has 2 N–H and O–H groups in total. The second kappa shape index (κ2) is 9.95. The monoisotopic (exact) mass is 485 g/mol. The van der Waals surface area contributed by atoms with Crippen LogP contribution in [-0.4, -0.2) is 31.1 Å². The van der Waals surface area contributed by atoms with Gasteiger partial charge in [-0.25, -0.2) is 8.42 Å². The van der Waals surface area contributed by atoms with Crippen LogP contribution in [0.3, 0.4) is 0 Å². The van der Waals surface area contributed by atoms with Gasteiger partial charge < -0.3 is 4.74 Å². The van der Waals surface area contributed by atoms with Gasteiger partial charge in [0.25, 0.3) is 21.4 Å². The van der Waals surface area contributed by atoms with E-state index in [1.165, 1.54) is 43.5 Å². The first-order chi connectivity index (χ1) is 16.1. The molecule has 0 fully saturated rings. The van der Waals surface area contributed by atoms with Crippen LogP contribution in [0, 0.1) is 20.2 Å².